The van der Waals surface area contributed by atoms with Gasteiger partial charge in [-0.1, -0.05) is 97.1 Å². The summed E-state index contributed by atoms with van der Waals surface area (Å²) in [7, 11) is -3.10. The van der Waals surface area contributed by atoms with Gasteiger partial charge in [0.1, 0.15) is 0 Å². The van der Waals surface area contributed by atoms with Gasteiger partial charge in [0.2, 0.25) is 0 Å². The number of benzene rings is 4. The van der Waals surface area contributed by atoms with Crippen molar-refractivity contribution in [3.8, 4) is 22.3 Å². The van der Waals surface area contributed by atoms with Crippen molar-refractivity contribution in [1.82, 2.24) is 0 Å². The molecule has 146 valence electrons. The third-order valence-corrected chi connectivity index (χ3v) is 5.75. The maximum Gasteiger partial charge on any atom is 0.175 e. The minimum atomic E-state index is -3.10. The first-order chi connectivity index (χ1) is 13.9. The average molecular weight is 401 g/mol. The maximum absolute atomic E-state index is 11.3. The summed E-state index contributed by atoms with van der Waals surface area (Å²) in [5.74, 6) is 0. The average Bonchev–Trinajstić information content (AvgIpc) is 2.75. The molecule has 4 aromatic rings. The van der Waals surface area contributed by atoms with E-state index in [4.69, 9.17) is 0 Å². The summed E-state index contributed by atoms with van der Waals surface area (Å²) in [6.07, 6.45) is 1.21. The summed E-state index contributed by atoms with van der Waals surface area (Å²) in [6.45, 7) is 2.14. The minimum Gasteiger partial charge on any atom is -0.224 e. The summed E-state index contributed by atoms with van der Waals surface area (Å²) >= 11 is 0. The molecule has 3 heteroatoms. The van der Waals surface area contributed by atoms with Crippen LogP contribution in [0, 0.1) is 6.92 Å². The zero-order valence-electron chi connectivity index (χ0n) is 16.6. The number of hydrogen-bond acceptors (Lipinski definition) is 2. The maximum atomic E-state index is 11.3. The first kappa shape index (κ1) is 20.6. The topological polar surface area (TPSA) is 34.1 Å². The van der Waals surface area contributed by atoms with Gasteiger partial charge in [-0.3, -0.25) is 0 Å². The highest BCUT2D eigenvalue weighted by Gasteiger charge is 2.06. The van der Waals surface area contributed by atoms with E-state index in [2.05, 4.69) is 55.5 Å². The fourth-order valence-electron chi connectivity index (χ4n) is 3.04. The monoisotopic (exact) mass is 400 g/mol. The Hall–Kier alpha value is -3.17. The largest absolute Gasteiger partial charge is 0.224 e. The predicted molar refractivity (Wildman–Crippen MR) is 122 cm³/mol. The Morgan fingerprint density at radius 1 is 0.517 bits per heavy atom. The molecule has 0 atom stereocenters. The van der Waals surface area contributed by atoms with E-state index >= 15 is 0 Å². The summed E-state index contributed by atoms with van der Waals surface area (Å²) < 4.78 is 22.6. The number of hydrogen-bond donors (Lipinski definition) is 0. The molecule has 0 amide bonds. The van der Waals surface area contributed by atoms with E-state index in [1.54, 1.807) is 12.1 Å². The highest BCUT2D eigenvalue weighted by atomic mass is 32.2. The lowest BCUT2D eigenvalue weighted by molar-refractivity contribution is 0.602. The highest BCUT2D eigenvalue weighted by molar-refractivity contribution is 7.90. The summed E-state index contributed by atoms with van der Waals surface area (Å²) in [6, 6.07) is 35.7. The van der Waals surface area contributed by atoms with Gasteiger partial charge < -0.3 is 0 Å². The van der Waals surface area contributed by atoms with Crippen molar-refractivity contribution >= 4 is 9.84 Å². The molecule has 0 unspecified atom stereocenters. The van der Waals surface area contributed by atoms with E-state index in [1.807, 2.05) is 48.5 Å². The lowest BCUT2D eigenvalue weighted by Gasteiger charge is -2.04. The molecule has 0 aliphatic rings. The fraction of sp³-hybridized carbons (Fsp3) is 0.0769. The van der Waals surface area contributed by atoms with Crippen LogP contribution >= 0.6 is 0 Å². The van der Waals surface area contributed by atoms with Gasteiger partial charge in [-0.15, -0.1) is 0 Å². The molecule has 4 rings (SSSR count). The molecule has 0 heterocycles. The van der Waals surface area contributed by atoms with Gasteiger partial charge in [0.15, 0.2) is 9.84 Å². The predicted octanol–water partition coefficient (Wildman–Crippen LogP) is 6.42. The molecular weight excluding hydrogens is 376 g/mol. The standard InChI is InChI=1S/C13H12O2S.C13H12/c1-16(14,15)13-9-7-12(8-10-13)11-5-3-2-4-6-11;1-11-7-5-6-10-13(11)12-8-3-2-4-9-12/h2-10H,1H3;2-10H,1H3. The smallest absolute Gasteiger partial charge is 0.175 e. The Kier molecular flexibility index (Phi) is 6.63. The Labute approximate surface area is 173 Å². The van der Waals surface area contributed by atoms with Crippen molar-refractivity contribution < 1.29 is 8.42 Å². The zero-order chi connectivity index (χ0) is 20.7. The van der Waals surface area contributed by atoms with Crippen LogP contribution in [0.5, 0.6) is 0 Å². The van der Waals surface area contributed by atoms with Gasteiger partial charge in [0, 0.05) is 6.26 Å². The third kappa shape index (κ3) is 5.66. The van der Waals surface area contributed by atoms with Gasteiger partial charge in [0.05, 0.1) is 4.90 Å². The summed E-state index contributed by atoms with van der Waals surface area (Å²) in [5.41, 5.74) is 6.05. The van der Waals surface area contributed by atoms with Crippen LogP contribution in [0.2, 0.25) is 0 Å². The molecule has 0 saturated heterocycles. The number of sulfone groups is 1. The van der Waals surface area contributed by atoms with Gasteiger partial charge in [-0.2, -0.15) is 0 Å². The zero-order valence-corrected chi connectivity index (χ0v) is 17.4. The molecule has 0 bridgehead atoms. The quantitative estimate of drug-likeness (QED) is 0.398. The van der Waals surface area contributed by atoms with E-state index in [0.717, 1.165) is 11.1 Å². The van der Waals surface area contributed by atoms with Crippen LogP contribution < -0.4 is 0 Å². The second kappa shape index (κ2) is 9.35. The summed E-state index contributed by atoms with van der Waals surface area (Å²) in [4.78, 5) is 0.354. The van der Waals surface area contributed by atoms with Gasteiger partial charge in [-0.25, -0.2) is 8.42 Å². The van der Waals surface area contributed by atoms with Gasteiger partial charge in [0.25, 0.3) is 0 Å². The van der Waals surface area contributed by atoms with Crippen molar-refractivity contribution in [2.24, 2.45) is 0 Å². The molecular formula is C26H24O2S. The molecule has 0 aliphatic carbocycles. The van der Waals surface area contributed by atoms with Gasteiger partial charge in [-0.05, 0) is 46.9 Å². The Bertz CT molecular complexity index is 1150. The normalized spacial score (nSPS) is 10.7. The first-order valence-corrected chi connectivity index (χ1v) is 11.3. The van der Waals surface area contributed by atoms with Crippen LogP contribution in [-0.4, -0.2) is 14.7 Å². The third-order valence-electron chi connectivity index (χ3n) is 4.62. The van der Waals surface area contributed by atoms with Crippen LogP contribution in [-0.2, 0) is 9.84 Å². The SMILES string of the molecule is CS(=O)(=O)c1ccc(-c2ccccc2)cc1.Cc1ccccc1-c1ccccc1. The minimum absolute atomic E-state index is 0.354. The molecule has 0 aromatic heterocycles. The molecule has 0 N–H and O–H groups in total. The van der Waals surface area contributed by atoms with Crippen LogP contribution in [0.1, 0.15) is 5.56 Å². The van der Waals surface area contributed by atoms with E-state index in [1.165, 1.54) is 22.9 Å². The lowest BCUT2D eigenvalue weighted by Crippen LogP contribution is -1.96. The second-order valence-corrected chi connectivity index (χ2v) is 8.86. The Balaban J connectivity index is 0.000000169. The van der Waals surface area contributed by atoms with E-state index in [0.29, 0.717) is 4.90 Å². The summed E-state index contributed by atoms with van der Waals surface area (Å²) in [5, 5.41) is 0. The molecule has 0 aliphatic heterocycles. The molecule has 4 aromatic carbocycles. The van der Waals surface area contributed by atoms with Crippen LogP contribution in [0.3, 0.4) is 0 Å². The van der Waals surface area contributed by atoms with Crippen molar-refractivity contribution in [3.63, 3.8) is 0 Å². The van der Waals surface area contributed by atoms with Crippen LogP contribution in [0.4, 0.5) is 0 Å². The molecule has 2 nitrogen and oxygen atoms in total. The second-order valence-electron chi connectivity index (χ2n) is 6.84. The number of aryl methyl sites for hydroxylation is 1. The van der Waals surface area contributed by atoms with Gasteiger partial charge >= 0.3 is 0 Å². The molecule has 0 saturated carbocycles. The molecule has 29 heavy (non-hydrogen) atoms. The van der Waals surface area contributed by atoms with Crippen molar-refractivity contribution in [2.75, 3.05) is 6.26 Å². The lowest BCUT2D eigenvalue weighted by atomic mass is 10.0. The molecule has 0 spiro atoms. The Morgan fingerprint density at radius 3 is 1.48 bits per heavy atom. The fourth-order valence-corrected chi connectivity index (χ4v) is 3.67. The highest BCUT2D eigenvalue weighted by Crippen LogP contribution is 2.22. The van der Waals surface area contributed by atoms with Crippen LogP contribution in [0.25, 0.3) is 22.3 Å². The van der Waals surface area contributed by atoms with E-state index in [9.17, 15) is 8.42 Å². The molecule has 0 radical (unpaired) electrons. The van der Waals surface area contributed by atoms with E-state index < -0.39 is 9.84 Å². The van der Waals surface area contributed by atoms with Crippen molar-refractivity contribution in [1.29, 1.82) is 0 Å². The first-order valence-electron chi connectivity index (χ1n) is 9.42. The Morgan fingerprint density at radius 2 is 0.966 bits per heavy atom. The van der Waals surface area contributed by atoms with Crippen molar-refractivity contribution in [3.05, 3.63) is 115 Å². The van der Waals surface area contributed by atoms with Crippen LogP contribution in [0.15, 0.2) is 114 Å². The molecule has 0 fully saturated rings. The number of rotatable bonds is 3. The van der Waals surface area contributed by atoms with E-state index in [-0.39, 0.29) is 0 Å². The van der Waals surface area contributed by atoms with Crippen molar-refractivity contribution in [2.45, 2.75) is 11.8 Å².